The highest BCUT2D eigenvalue weighted by molar-refractivity contribution is 7.99. The molecule has 4 aromatic rings. The van der Waals surface area contributed by atoms with Crippen LogP contribution in [0.1, 0.15) is 36.1 Å². The van der Waals surface area contributed by atoms with Crippen molar-refractivity contribution in [1.82, 2.24) is 25.1 Å². The van der Waals surface area contributed by atoms with Crippen molar-refractivity contribution in [3.8, 4) is 11.3 Å². The summed E-state index contributed by atoms with van der Waals surface area (Å²) in [5.74, 6) is 0.448. The van der Waals surface area contributed by atoms with E-state index in [0.29, 0.717) is 28.2 Å². The summed E-state index contributed by atoms with van der Waals surface area (Å²) < 4.78 is 1.89. The fourth-order valence-electron chi connectivity index (χ4n) is 3.64. The van der Waals surface area contributed by atoms with E-state index in [9.17, 15) is 9.59 Å². The molecule has 0 saturated carbocycles. The molecule has 10 heteroatoms. The largest absolute Gasteiger partial charge is 0.342 e. The maximum Gasteiger partial charge on any atom is 0.251 e. The van der Waals surface area contributed by atoms with Crippen LogP contribution < -0.4 is 10.6 Å². The Morgan fingerprint density at radius 2 is 1.78 bits per heavy atom. The summed E-state index contributed by atoms with van der Waals surface area (Å²) in [6.45, 7) is 8.33. The average Bonchev–Trinajstić information content (AvgIpc) is 3.54. The van der Waals surface area contributed by atoms with Gasteiger partial charge in [-0.2, -0.15) is 0 Å². The molecule has 2 amide bonds. The monoisotopic (exact) mass is 532 g/mol. The molecule has 1 atom stereocenters. The number of benzene rings is 2. The summed E-state index contributed by atoms with van der Waals surface area (Å²) in [6, 6.07) is 18.5. The standard InChI is InChI=1S/C27H28N6O2S2/c1-4-15-33-24(23(18(2)3)30-25(35)20-13-9-6-10-14-20)31-32-27(33)37-17-22(34)29-26-28-21(16-36-26)19-11-7-5-8-12-19/h4-14,16,18,23H,1,15,17H2,2-3H3,(H,30,35)(H,28,29,34)/t23-/m0/s1. The molecular weight excluding hydrogens is 504 g/mol. The highest BCUT2D eigenvalue weighted by Crippen LogP contribution is 2.27. The number of nitrogens with one attached hydrogen (secondary N) is 2. The Morgan fingerprint density at radius 3 is 2.46 bits per heavy atom. The summed E-state index contributed by atoms with van der Waals surface area (Å²) >= 11 is 2.66. The molecule has 0 bridgehead atoms. The Kier molecular flexibility index (Phi) is 8.86. The molecule has 0 aliphatic rings. The summed E-state index contributed by atoms with van der Waals surface area (Å²) in [7, 11) is 0. The van der Waals surface area contributed by atoms with Crippen LogP contribution in [0, 0.1) is 5.92 Å². The second-order valence-corrected chi connectivity index (χ2v) is 10.3. The fraction of sp³-hybridized carbons (Fsp3) is 0.222. The zero-order valence-corrected chi connectivity index (χ0v) is 22.3. The van der Waals surface area contributed by atoms with E-state index in [0.717, 1.165) is 11.3 Å². The quantitative estimate of drug-likeness (QED) is 0.197. The number of hydrogen-bond donors (Lipinski definition) is 2. The van der Waals surface area contributed by atoms with Gasteiger partial charge in [-0.3, -0.25) is 9.59 Å². The lowest BCUT2D eigenvalue weighted by atomic mass is 10.0. The number of carbonyl (C=O) groups excluding carboxylic acids is 2. The van der Waals surface area contributed by atoms with Crippen LogP contribution in [-0.4, -0.2) is 37.3 Å². The molecule has 2 aromatic carbocycles. The molecule has 0 saturated heterocycles. The van der Waals surface area contributed by atoms with Crippen LogP contribution in [0.4, 0.5) is 5.13 Å². The molecule has 190 valence electrons. The number of anilines is 1. The number of hydrogen-bond acceptors (Lipinski definition) is 7. The molecule has 0 aliphatic carbocycles. The van der Waals surface area contributed by atoms with Crippen LogP contribution in [0.2, 0.25) is 0 Å². The van der Waals surface area contributed by atoms with Crippen molar-refractivity contribution in [2.45, 2.75) is 31.6 Å². The van der Waals surface area contributed by atoms with Gasteiger partial charge in [0.25, 0.3) is 5.91 Å². The number of aromatic nitrogens is 4. The second-order valence-electron chi connectivity index (χ2n) is 8.54. The first-order valence-electron chi connectivity index (χ1n) is 11.8. The van der Waals surface area contributed by atoms with E-state index in [1.54, 1.807) is 18.2 Å². The molecular formula is C27H28N6O2S2. The minimum absolute atomic E-state index is 0.0605. The topological polar surface area (TPSA) is 102 Å². The summed E-state index contributed by atoms with van der Waals surface area (Å²) in [5, 5.41) is 17.7. The van der Waals surface area contributed by atoms with Crippen molar-refractivity contribution in [2.75, 3.05) is 11.1 Å². The van der Waals surface area contributed by atoms with Gasteiger partial charge in [0.05, 0.1) is 17.5 Å². The molecule has 4 rings (SSSR count). The van der Waals surface area contributed by atoms with E-state index in [4.69, 9.17) is 0 Å². The maximum absolute atomic E-state index is 12.8. The molecule has 8 nitrogen and oxygen atoms in total. The first-order valence-corrected chi connectivity index (χ1v) is 13.7. The predicted octanol–water partition coefficient (Wildman–Crippen LogP) is 5.45. The molecule has 37 heavy (non-hydrogen) atoms. The number of rotatable bonds is 11. The number of nitrogens with zero attached hydrogens (tertiary/aromatic N) is 4. The average molecular weight is 533 g/mol. The van der Waals surface area contributed by atoms with Crippen molar-refractivity contribution < 1.29 is 9.59 Å². The number of amides is 2. The van der Waals surface area contributed by atoms with E-state index in [-0.39, 0.29) is 29.5 Å². The van der Waals surface area contributed by atoms with Gasteiger partial charge in [0.15, 0.2) is 16.1 Å². The first kappa shape index (κ1) is 26.3. The number of thioether (sulfide) groups is 1. The Hall–Kier alpha value is -3.76. The molecule has 0 aliphatic heterocycles. The van der Waals surface area contributed by atoms with Gasteiger partial charge in [0, 0.05) is 23.1 Å². The summed E-state index contributed by atoms with van der Waals surface area (Å²) in [5.41, 5.74) is 2.39. The smallest absolute Gasteiger partial charge is 0.251 e. The van der Waals surface area contributed by atoms with Gasteiger partial charge >= 0.3 is 0 Å². The van der Waals surface area contributed by atoms with Crippen molar-refractivity contribution in [1.29, 1.82) is 0 Å². The van der Waals surface area contributed by atoms with E-state index < -0.39 is 0 Å². The van der Waals surface area contributed by atoms with Gasteiger partial charge in [0.1, 0.15) is 0 Å². The number of allylic oxidation sites excluding steroid dienone is 1. The molecule has 0 fully saturated rings. The Morgan fingerprint density at radius 1 is 1.08 bits per heavy atom. The van der Waals surface area contributed by atoms with Gasteiger partial charge < -0.3 is 15.2 Å². The van der Waals surface area contributed by atoms with Gasteiger partial charge in [-0.15, -0.1) is 28.1 Å². The molecule has 2 heterocycles. The first-order chi connectivity index (χ1) is 18.0. The highest BCUT2D eigenvalue weighted by Gasteiger charge is 2.26. The van der Waals surface area contributed by atoms with E-state index in [1.165, 1.54) is 23.1 Å². The normalized spacial score (nSPS) is 11.8. The van der Waals surface area contributed by atoms with Crippen LogP contribution >= 0.6 is 23.1 Å². The van der Waals surface area contributed by atoms with Gasteiger partial charge in [-0.25, -0.2) is 4.98 Å². The van der Waals surface area contributed by atoms with Crippen molar-refractivity contribution in [3.05, 3.63) is 90.1 Å². The van der Waals surface area contributed by atoms with Crippen molar-refractivity contribution >= 4 is 40.0 Å². The lowest BCUT2D eigenvalue weighted by molar-refractivity contribution is -0.113. The minimum Gasteiger partial charge on any atom is -0.342 e. The fourth-order valence-corrected chi connectivity index (χ4v) is 5.13. The Labute approximate surface area is 224 Å². The second kappa shape index (κ2) is 12.5. The van der Waals surface area contributed by atoms with E-state index >= 15 is 0 Å². The number of carbonyl (C=O) groups is 2. The predicted molar refractivity (Wildman–Crippen MR) is 149 cm³/mol. The lowest BCUT2D eigenvalue weighted by Gasteiger charge is -2.22. The summed E-state index contributed by atoms with van der Waals surface area (Å²) in [6.07, 6.45) is 1.74. The molecule has 0 unspecified atom stereocenters. The van der Waals surface area contributed by atoms with E-state index in [1.807, 2.05) is 72.3 Å². The van der Waals surface area contributed by atoms with Crippen molar-refractivity contribution in [2.24, 2.45) is 5.92 Å². The zero-order valence-electron chi connectivity index (χ0n) is 20.6. The minimum atomic E-state index is -0.366. The van der Waals surface area contributed by atoms with Crippen molar-refractivity contribution in [3.63, 3.8) is 0 Å². The van der Waals surface area contributed by atoms with Crippen LogP contribution in [-0.2, 0) is 11.3 Å². The third kappa shape index (κ3) is 6.72. The van der Waals surface area contributed by atoms with Crippen LogP contribution in [0.15, 0.2) is 83.9 Å². The molecule has 2 N–H and O–H groups in total. The zero-order chi connectivity index (χ0) is 26.2. The molecule has 2 aromatic heterocycles. The summed E-state index contributed by atoms with van der Waals surface area (Å²) in [4.78, 5) is 30.0. The van der Waals surface area contributed by atoms with Gasteiger partial charge in [-0.05, 0) is 18.1 Å². The van der Waals surface area contributed by atoms with Gasteiger partial charge in [-0.1, -0.05) is 80.2 Å². The Balaban J connectivity index is 1.43. The lowest BCUT2D eigenvalue weighted by Crippen LogP contribution is -2.33. The molecule has 0 radical (unpaired) electrons. The third-order valence-corrected chi connectivity index (χ3v) is 7.20. The van der Waals surface area contributed by atoms with Crippen LogP contribution in [0.3, 0.4) is 0 Å². The van der Waals surface area contributed by atoms with Crippen LogP contribution in [0.25, 0.3) is 11.3 Å². The van der Waals surface area contributed by atoms with Crippen LogP contribution in [0.5, 0.6) is 0 Å². The Bertz CT molecular complexity index is 1350. The maximum atomic E-state index is 12.8. The van der Waals surface area contributed by atoms with Gasteiger partial charge in [0.2, 0.25) is 5.91 Å². The third-order valence-electron chi connectivity index (χ3n) is 5.48. The highest BCUT2D eigenvalue weighted by atomic mass is 32.2. The van der Waals surface area contributed by atoms with E-state index in [2.05, 4.69) is 32.4 Å². The number of thiazole rings is 1. The molecule has 0 spiro atoms. The SMILES string of the molecule is C=CCn1c(SCC(=O)Nc2nc(-c3ccccc3)cs2)nnc1[C@@H](NC(=O)c1ccccc1)C(C)C.